The van der Waals surface area contributed by atoms with Crippen LogP contribution in [0.3, 0.4) is 0 Å². The number of nitrogens with one attached hydrogen (secondary N) is 1. The fourth-order valence-corrected chi connectivity index (χ4v) is 5.46. The number of rotatable bonds is 6. The van der Waals surface area contributed by atoms with Gasteiger partial charge in [0.2, 0.25) is 0 Å². The average Bonchev–Trinajstić information content (AvgIpc) is 3.28. The molecule has 0 saturated carbocycles. The standard InChI is InChI=1S/C24H38N4O2/c1-18-9-10-21(30-18)17-27(20-14-23(2,3)26-24(4,5)15-20)16-19-11-12-25-28(19)22-8-6-7-13-29-22/h9-12,20,22,26H,6-8,13-17H2,1-5H3/t22-/m0/s1. The highest BCUT2D eigenvalue weighted by Gasteiger charge is 2.40. The van der Waals surface area contributed by atoms with Crippen LogP contribution in [0.1, 0.15) is 83.2 Å². The van der Waals surface area contributed by atoms with Crippen molar-refractivity contribution in [3.8, 4) is 0 Å². The molecule has 2 aliphatic heterocycles. The number of hydrogen-bond donors (Lipinski definition) is 1. The number of hydrogen-bond acceptors (Lipinski definition) is 5. The SMILES string of the molecule is Cc1ccc(CN(Cc2ccnn2[C@@H]2CCCCO2)C2CC(C)(C)NC(C)(C)C2)o1. The van der Waals surface area contributed by atoms with E-state index in [9.17, 15) is 0 Å². The molecule has 4 heterocycles. The molecule has 2 fully saturated rings. The van der Waals surface area contributed by atoms with Gasteiger partial charge in [0.15, 0.2) is 6.23 Å². The third kappa shape index (κ3) is 5.16. The Morgan fingerprint density at radius 3 is 2.50 bits per heavy atom. The minimum absolute atomic E-state index is 0.0670. The average molecular weight is 415 g/mol. The smallest absolute Gasteiger partial charge is 0.150 e. The highest BCUT2D eigenvalue weighted by atomic mass is 16.5. The Bertz CT molecular complexity index is 816. The van der Waals surface area contributed by atoms with Crippen molar-refractivity contribution in [3.05, 3.63) is 41.6 Å². The minimum atomic E-state index is 0.0670. The van der Waals surface area contributed by atoms with E-state index in [4.69, 9.17) is 9.15 Å². The maximum absolute atomic E-state index is 6.03. The Morgan fingerprint density at radius 1 is 1.10 bits per heavy atom. The summed E-state index contributed by atoms with van der Waals surface area (Å²) in [6, 6.07) is 6.78. The predicted molar refractivity (Wildman–Crippen MR) is 118 cm³/mol. The summed E-state index contributed by atoms with van der Waals surface area (Å²) in [6.45, 7) is 13.8. The van der Waals surface area contributed by atoms with Gasteiger partial charge in [0, 0.05) is 36.5 Å². The van der Waals surface area contributed by atoms with E-state index in [0.717, 1.165) is 56.9 Å². The molecule has 30 heavy (non-hydrogen) atoms. The van der Waals surface area contributed by atoms with Gasteiger partial charge in [0.1, 0.15) is 11.5 Å². The van der Waals surface area contributed by atoms with Gasteiger partial charge in [0.05, 0.1) is 12.2 Å². The zero-order chi connectivity index (χ0) is 21.4. The molecule has 6 nitrogen and oxygen atoms in total. The summed E-state index contributed by atoms with van der Waals surface area (Å²) >= 11 is 0. The van der Waals surface area contributed by atoms with Gasteiger partial charge in [0.25, 0.3) is 0 Å². The van der Waals surface area contributed by atoms with Gasteiger partial charge in [-0.15, -0.1) is 0 Å². The topological polar surface area (TPSA) is 55.5 Å². The van der Waals surface area contributed by atoms with Gasteiger partial charge in [-0.1, -0.05) is 0 Å². The molecule has 1 atom stereocenters. The van der Waals surface area contributed by atoms with E-state index in [1.54, 1.807) is 0 Å². The van der Waals surface area contributed by atoms with Gasteiger partial charge < -0.3 is 14.5 Å². The van der Waals surface area contributed by atoms with Crippen LogP contribution >= 0.6 is 0 Å². The Labute approximate surface area is 181 Å². The molecule has 0 unspecified atom stereocenters. The lowest BCUT2D eigenvalue weighted by molar-refractivity contribution is -0.0432. The minimum Gasteiger partial charge on any atom is -0.465 e. The van der Waals surface area contributed by atoms with Crippen LogP contribution in [0.4, 0.5) is 0 Å². The highest BCUT2D eigenvalue weighted by Crippen LogP contribution is 2.34. The number of nitrogens with zero attached hydrogens (tertiary/aromatic N) is 3. The van der Waals surface area contributed by atoms with Gasteiger partial charge in [-0.2, -0.15) is 5.10 Å². The summed E-state index contributed by atoms with van der Waals surface area (Å²) in [5.74, 6) is 2.00. The van der Waals surface area contributed by atoms with Gasteiger partial charge in [-0.3, -0.25) is 4.90 Å². The molecule has 2 aromatic heterocycles. The molecule has 0 bridgehead atoms. The highest BCUT2D eigenvalue weighted by molar-refractivity contribution is 5.09. The van der Waals surface area contributed by atoms with Crippen LogP contribution in [0.15, 0.2) is 28.8 Å². The summed E-state index contributed by atoms with van der Waals surface area (Å²) in [4.78, 5) is 2.58. The van der Waals surface area contributed by atoms with Crippen molar-refractivity contribution in [1.29, 1.82) is 0 Å². The van der Waals surface area contributed by atoms with E-state index >= 15 is 0 Å². The predicted octanol–water partition coefficient (Wildman–Crippen LogP) is 4.80. The van der Waals surface area contributed by atoms with Crippen LogP contribution in [0.25, 0.3) is 0 Å². The Hall–Kier alpha value is -1.63. The lowest BCUT2D eigenvalue weighted by atomic mass is 9.79. The van der Waals surface area contributed by atoms with Crippen LogP contribution in [-0.4, -0.2) is 38.4 Å². The Balaban J connectivity index is 1.59. The number of piperidine rings is 1. The van der Waals surface area contributed by atoms with Crippen molar-refractivity contribution in [1.82, 2.24) is 20.0 Å². The maximum Gasteiger partial charge on any atom is 0.150 e. The summed E-state index contributed by atoms with van der Waals surface area (Å²) < 4.78 is 14.1. The molecule has 2 aromatic rings. The maximum atomic E-state index is 6.03. The molecule has 0 aromatic carbocycles. The van der Waals surface area contributed by atoms with Crippen molar-refractivity contribution < 1.29 is 9.15 Å². The largest absolute Gasteiger partial charge is 0.465 e. The first-order valence-corrected chi connectivity index (χ1v) is 11.4. The molecule has 4 rings (SSSR count). The zero-order valence-corrected chi connectivity index (χ0v) is 19.3. The normalized spacial score (nSPS) is 24.4. The second-order valence-electron chi connectivity index (χ2n) is 10.5. The van der Waals surface area contributed by atoms with E-state index in [2.05, 4.69) is 65.9 Å². The molecule has 0 amide bonds. The van der Waals surface area contributed by atoms with E-state index in [1.807, 2.05) is 13.1 Å². The molecular weight excluding hydrogens is 376 g/mol. The van der Waals surface area contributed by atoms with E-state index < -0.39 is 0 Å². The van der Waals surface area contributed by atoms with Crippen molar-refractivity contribution in [2.75, 3.05) is 6.61 Å². The lowest BCUT2D eigenvalue weighted by Crippen LogP contribution is -2.62. The first kappa shape index (κ1) is 21.6. The molecule has 166 valence electrons. The van der Waals surface area contributed by atoms with E-state index in [-0.39, 0.29) is 17.3 Å². The number of aryl methyl sites for hydroxylation is 1. The molecular formula is C24H38N4O2. The van der Waals surface area contributed by atoms with E-state index in [0.29, 0.717) is 6.04 Å². The molecule has 1 N–H and O–H groups in total. The quantitative estimate of drug-likeness (QED) is 0.736. The van der Waals surface area contributed by atoms with Crippen molar-refractivity contribution in [3.63, 3.8) is 0 Å². The van der Waals surface area contributed by atoms with Gasteiger partial charge in [-0.05, 0) is 84.9 Å². The summed E-state index contributed by atoms with van der Waals surface area (Å²) in [5.41, 5.74) is 1.41. The Kier molecular flexibility index (Phi) is 6.11. The molecule has 6 heteroatoms. The van der Waals surface area contributed by atoms with Crippen LogP contribution in [0.2, 0.25) is 0 Å². The first-order valence-electron chi connectivity index (χ1n) is 11.4. The second-order valence-corrected chi connectivity index (χ2v) is 10.5. The number of ether oxygens (including phenoxy) is 1. The van der Waals surface area contributed by atoms with Crippen LogP contribution < -0.4 is 5.32 Å². The van der Waals surface area contributed by atoms with E-state index in [1.165, 1.54) is 12.1 Å². The molecule has 0 aliphatic carbocycles. The first-order chi connectivity index (χ1) is 14.2. The van der Waals surface area contributed by atoms with Crippen molar-refractivity contribution in [2.45, 2.75) is 103 Å². The Morgan fingerprint density at radius 2 is 1.87 bits per heavy atom. The van der Waals surface area contributed by atoms with Crippen LogP contribution in [-0.2, 0) is 17.8 Å². The fourth-order valence-electron chi connectivity index (χ4n) is 5.46. The monoisotopic (exact) mass is 414 g/mol. The van der Waals surface area contributed by atoms with Crippen molar-refractivity contribution >= 4 is 0 Å². The van der Waals surface area contributed by atoms with Gasteiger partial charge >= 0.3 is 0 Å². The van der Waals surface area contributed by atoms with Crippen LogP contribution in [0.5, 0.6) is 0 Å². The lowest BCUT2D eigenvalue weighted by Gasteiger charge is -2.49. The summed E-state index contributed by atoms with van der Waals surface area (Å²) in [7, 11) is 0. The molecule has 0 spiro atoms. The van der Waals surface area contributed by atoms with Gasteiger partial charge in [-0.25, -0.2) is 4.68 Å². The number of furan rings is 1. The summed E-state index contributed by atoms with van der Waals surface area (Å²) in [5, 5.41) is 8.45. The van der Waals surface area contributed by atoms with Crippen molar-refractivity contribution in [2.24, 2.45) is 0 Å². The molecule has 0 radical (unpaired) electrons. The third-order valence-electron chi connectivity index (χ3n) is 6.39. The fraction of sp³-hybridized carbons (Fsp3) is 0.708. The third-order valence-corrected chi connectivity index (χ3v) is 6.39. The zero-order valence-electron chi connectivity index (χ0n) is 19.3. The molecule has 2 saturated heterocycles. The number of aromatic nitrogens is 2. The molecule has 2 aliphatic rings. The summed E-state index contributed by atoms with van der Waals surface area (Å²) in [6.07, 6.45) is 7.58. The second kappa shape index (κ2) is 8.48. The van der Waals surface area contributed by atoms with Crippen LogP contribution in [0, 0.1) is 6.92 Å².